The molecule has 2 aromatic carbocycles. The van der Waals surface area contributed by atoms with Crippen molar-refractivity contribution in [3.8, 4) is 0 Å². The molecule has 0 fully saturated rings. The summed E-state index contributed by atoms with van der Waals surface area (Å²) in [6, 6.07) is 14.7. The molecule has 0 aliphatic carbocycles. The summed E-state index contributed by atoms with van der Waals surface area (Å²) in [5.74, 6) is 0.00389. The van der Waals surface area contributed by atoms with Crippen LogP contribution in [0, 0.1) is 0 Å². The quantitative estimate of drug-likeness (QED) is 0.446. The molecular weight excluding hydrogens is 390 g/mol. The van der Waals surface area contributed by atoms with Crippen LogP contribution in [0.15, 0.2) is 58.2 Å². The Bertz CT molecular complexity index is 968. The molecule has 0 aliphatic rings. The van der Waals surface area contributed by atoms with E-state index in [1.165, 1.54) is 24.4 Å². The Morgan fingerprint density at radius 2 is 1.72 bits per heavy atom. The van der Waals surface area contributed by atoms with Gasteiger partial charge in [-0.2, -0.15) is 0 Å². The highest BCUT2D eigenvalue weighted by Gasteiger charge is 2.11. The lowest BCUT2D eigenvalue weighted by molar-refractivity contribution is -0.113. The molecule has 0 aliphatic heterocycles. The molecule has 29 heavy (non-hydrogen) atoms. The van der Waals surface area contributed by atoms with Gasteiger partial charge in [-0.05, 0) is 41.8 Å². The standard InChI is InChI=1S/C21H21N3O4S/c1-3-14-4-6-15(7-5-14)12-19-23-24-21(28-19)29-13-18(25)22-17-10-8-16(9-11-17)20(26)27-2/h4-11H,3,12-13H2,1-2H3,(H,22,25). The third-order valence-electron chi connectivity index (χ3n) is 4.15. The molecule has 0 bridgehead atoms. The van der Waals surface area contributed by atoms with E-state index in [0.29, 0.717) is 28.8 Å². The SMILES string of the molecule is CCc1ccc(Cc2nnc(SCC(=O)Nc3ccc(C(=O)OC)cc3)o2)cc1. The average Bonchev–Trinajstić information content (AvgIpc) is 3.20. The summed E-state index contributed by atoms with van der Waals surface area (Å²) >= 11 is 1.17. The minimum Gasteiger partial charge on any atom is -0.465 e. The van der Waals surface area contributed by atoms with Crippen molar-refractivity contribution in [1.82, 2.24) is 10.2 Å². The van der Waals surface area contributed by atoms with Gasteiger partial charge in [0.25, 0.3) is 5.22 Å². The first-order valence-corrected chi connectivity index (χ1v) is 10.1. The van der Waals surface area contributed by atoms with Crippen LogP contribution < -0.4 is 5.32 Å². The molecule has 1 amide bonds. The van der Waals surface area contributed by atoms with Crippen LogP contribution in [0.2, 0.25) is 0 Å². The summed E-state index contributed by atoms with van der Waals surface area (Å²) in [6.07, 6.45) is 1.55. The molecule has 0 saturated heterocycles. The zero-order valence-electron chi connectivity index (χ0n) is 16.2. The normalized spacial score (nSPS) is 10.6. The van der Waals surface area contributed by atoms with Crippen LogP contribution in [0.5, 0.6) is 0 Å². The van der Waals surface area contributed by atoms with Gasteiger partial charge in [0.05, 0.1) is 24.8 Å². The zero-order valence-corrected chi connectivity index (χ0v) is 17.0. The second-order valence-electron chi connectivity index (χ2n) is 6.21. The highest BCUT2D eigenvalue weighted by atomic mass is 32.2. The van der Waals surface area contributed by atoms with E-state index in [2.05, 4.69) is 51.4 Å². The van der Waals surface area contributed by atoms with Crippen molar-refractivity contribution in [1.29, 1.82) is 0 Å². The summed E-state index contributed by atoms with van der Waals surface area (Å²) in [7, 11) is 1.32. The van der Waals surface area contributed by atoms with Crippen molar-refractivity contribution >= 4 is 29.3 Å². The number of nitrogens with one attached hydrogen (secondary N) is 1. The monoisotopic (exact) mass is 411 g/mol. The van der Waals surface area contributed by atoms with Gasteiger partial charge in [0.15, 0.2) is 0 Å². The number of methoxy groups -OCH3 is 1. The number of anilines is 1. The van der Waals surface area contributed by atoms with Gasteiger partial charge in [0, 0.05) is 5.69 Å². The first-order chi connectivity index (χ1) is 14.1. The molecule has 1 aromatic heterocycles. The lowest BCUT2D eigenvalue weighted by Gasteiger charge is -2.05. The van der Waals surface area contributed by atoms with Crippen molar-refractivity contribution in [2.45, 2.75) is 25.0 Å². The maximum Gasteiger partial charge on any atom is 0.337 e. The largest absolute Gasteiger partial charge is 0.465 e. The summed E-state index contributed by atoms with van der Waals surface area (Å²) in [6.45, 7) is 2.12. The number of esters is 1. The van der Waals surface area contributed by atoms with E-state index in [1.54, 1.807) is 24.3 Å². The number of rotatable bonds is 8. The fraction of sp³-hybridized carbons (Fsp3) is 0.238. The highest BCUT2D eigenvalue weighted by molar-refractivity contribution is 7.99. The van der Waals surface area contributed by atoms with E-state index in [-0.39, 0.29) is 11.7 Å². The highest BCUT2D eigenvalue weighted by Crippen LogP contribution is 2.19. The molecule has 1 N–H and O–H groups in total. The number of nitrogens with zero attached hydrogens (tertiary/aromatic N) is 2. The second-order valence-corrected chi connectivity index (χ2v) is 7.14. The van der Waals surface area contributed by atoms with E-state index in [4.69, 9.17) is 4.42 Å². The first kappa shape index (κ1) is 20.6. The number of ether oxygens (including phenoxy) is 1. The van der Waals surface area contributed by atoms with E-state index >= 15 is 0 Å². The van der Waals surface area contributed by atoms with Crippen LogP contribution in [0.25, 0.3) is 0 Å². The minimum atomic E-state index is -0.424. The van der Waals surface area contributed by atoms with Crippen LogP contribution in [-0.2, 0) is 22.4 Å². The Kier molecular flexibility index (Phi) is 7.02. The molecule has 7 nitrogen and oxygen atoms in total. The molecule has 3 aromatic rings. The van der Waals surface area contributed by atoms with Gasteiger partial charge >= 0.3 is 5.97 Å². The smallest absolute Gasteiger partial charge is 0.337 e. The number of thioether (sulfide) groups is 1. The first-order valence-electron chi connectivity index (χ1n) is 9.08. The fourth-order valence-electron chi connectivity index (χ4n) is 2.57. The van der Waals surface area contributed by atoms with Crippen LogP contribution in [0.4, 0.5) is 5.69 Å². The van der Waals surface area contributed by atoms with Crippen LogP contribution in [-0.4, -0.2) is 34.9 Å². The predicted molar refractivity (Wildman–Crippen MR) is 110 cm³/mol. The third-order valence-corrected chi connectivity index (χ3v) is 4.97. The van der Waals surface area contributed by atoms with Gasteiger partial charge in [-0.1, -0.05) is 43.0 Å². The maximum absolute atomic E-state index is 12.1. The van der Waals surface area contributed by atoms with Gasteiger partial charge < -0.3 is 14.5 Å². The third kappa shape index (κ3) is 5.92. The van der Waals surface area contributed by atoms with Crippen molar-refractivity contribution in [2.24, 2.45) is 0 Å². The van der Waals surface area contributed by atoms with Crippen molar-refractivity contribution < 1.29 is 18.7 Å². The summed E-state index contributed by atoms with van der Waals surface area (Å²) < 4.78 is 10.3. The van der Waals surface area contributed by atoms with Gasteiger partial charge in [0.2, 0.25) is 11.8 Å². The number of amides is 1. The Morgan fingerprint density at radius 3 is 2.38 bits per heavy atom. The molecule has 150 valence electrons. The molecule has 3 rings (SSSR count). The number of hydrogen-bond donors (Lipinski definition) is 1. The van der Waals surface area contributed by atoms with Gasteiger partial charge in [-0.3, -0.25) is 4.79 Å². The molecule has 8 heteroatoms. The Labute approximate surface area is 172 Å². The number of benzene rings is 2. The lowest BCUT2D eigenvalue weighted by atomic mass is 10.1. The number of carbonyl (C=O) groups excluding carboxylic acids is 2. The summed E-state index contributed by atoms with van der Waals surface area (Å²) in [5.41, 5.74) is 3.38. The zero-order chi connectivity index (χ0) is 20.6. The molecule has 0 atom stereocenters. The maximum atomic E-state index is 12.1. The van der Waals surface area contributed by atoms with E-state index in [9.17, 15) is 9.59 Å². The molecule has 0 spiro atoms. The molecular formula is C21H21N3O4S. The van der Waals surface area contributed by atoms with E-state index in [0.717, 1.165) is 12.0 Å². The van der Waals surface area contributed by atoms with Gasteiger partial charge in [-0.25, -0.2) is 4.79 Å². The summed E-state index contributed by atoms with van der Waals surface area (Å²) in [5, 5.41) is 11.1. The van der Waals surface area contributed by atoms with Crippen molar-refractivity contribution in [3.63, 3.8) is 0 Å². The minimum absolute atomic E-state index is 0.131. The number of hydrogen-bond acceptors (Lipinski definition) is 7. The van der Waals surface area contributed by atoms with Crippen LogP contribution in [0.1, 0.15) is 34.3 Å². The Morgan fingerprint density at radius 1 is 1.03 bits per heavy atom. The second kappa shape index (κ2) is 9.88. The van der Waals surface area contributed by atoms with E-state index in [1.807, 2.05) is 0 Å². The van der Waals surface area contributed by atoms with Crippen molar-refractivity contribution in [3.05, 3.63) is 71.1 Å². The number of aryl methyl sites for hydroxylation is 1. The average molecular weight is 411 g/mol. The topological polar surface area (TPSA) is 94.3 Å². The summed E-state index contributed by atoms with van der Waals surface area (Å²) in [4.78, 5) is 23.5. The Balaban J connectivity index is 1.48. The van der Waals surface area contributed by atoms with Crippen LogP contribution in [0.3, 0.4) is 0 Å². The van der Waals surface area contributed by atoms with Gasteiger partial charge in [0.1, 0.15) is 0 Å². The molecule has 1 heterocycles. The predicted octanol–water partition coefficient (Wildman–Crippen LogP) is 3.74. The molecule has 0 saturated carbocycles. The molecule has 0 radical (unpaired) electrons. The van der Waals surface area contributed by atoms with Crippen molar-refractivity contribution in [2.75, 3.05) is 18.2 Å². The van der Waals surface area contributed by atoms with E-state index < -0.39 is 5.97 Å². The number of aromatic nitrogens is 2. The fourth-order valence-corrected chi connectivity index (χ4v) is 3.15. The molecule has 0 unspecified atom stereocenters. The number of carbonyl (C=O) groups is 2. The Hall–Kier alpha value is -3.13. The lowest BCUT2D eigenvalue weighted by Crippen LogP contribution is -2.14. The van der Waals surface area contributed by atoms with Crippen LogP contribution >= 0.6 is 11.8 Å². The van der Waals surface area contributed by atoms with Gasteiger partial charge in [-0.15, -0.1) is 10.2 Å².